The number of likely N-dealkylation sites (tertiary alicyclic amines) is 1. The van der Waals surface area contributed by atoms with Crippen LogP contribution in [0.3, 0.4) is 0 Å². The number of imide groups is 1. The Kier molecular flexibility index (Phi) is 2.05. The van der Waals surface area contributed by atoms with Gasteiger partial charge in [-0.2, -0.15) is 0 Å². The van der Waals surface area contributed by atoms with E-state index in [-0.39, 0.29) is 31.4 Å². The highest BCUT2D eigenvalue weighted by Crippen LogP contribution is 2.15. The molecule has 0 radical (unpaired) electrons. The van der Waals surface area contributed by atoms with Crippen molar-refractivity contribution in [2.75, 3.05) is 13.2 Å². The van der Waals surface area contributed by atoms with Crippen LogP contribution in [0.2, 0.25) is 0 Å². The van der Waals surface area contributed by atoms with Gasteiger partial charge in [-0.05, 0) is 0 Å². The summed E-state index contributed by atoms with van der Waals surface area (Å²) in [6.45, 7) is 3.31. The fourth-order valence-corrected chi connectivity index (χ4v) is 0.984. The highest BCUT2D eigenvalue weighted by atomic mass is 16.3. The summed E-state index contributed by atoms with van der Waals surface area (Å²) >= 11 is 0. The molecule has 0 saturated carbocycles. The molecule has 1 saturated heterocycles. The lowest BCUT2D eigenvalue weighted by atomic mass is 10.3. The number of aliphatic hydroxyl groups excluding tert-OH is 1. The molecule has 0 spiro atoms. The molecule has 4 heteroatoms. The normalized spacial score (nSPS) is 18.3. The second-order valence-electron chi connectivity index (χ2n) is 2.35. The van der Waals surface area contributed by atoms with Gasteiger partial charge >= 0.3 is 0 Å². The first-order chi connectivity index (χ1) is 5.16. The quantitative estimate of drug-likeness (QED) is 0.423. The highest BCUT2D eigenvalue weighted by Gasteiger charge is 2.31. The average molecular weight is 155 g/mol. The van der Waals surface area contributed by atoms with Crippen molar-refractivity contribution in [3.05, 3.63) is 12.2 Å². The molecule has 1 rings (SSSR count). The van der Waals surface area contributed by atoms with Crippen LogP contribution in [0.1, 0.15) is 6.42 Å². The Morgan fingerprint density at radius 2 is 2.18 bits per heavy atom. The molecule has 2 amide bonds. The van der Waals surface area contributed by atoms with Gasteiger partial charge in [0, 0.05) is 5.57 Å². The van der Waals surface area contributed by atoms with Crippen molar-refractivity contribution < 1.29 is 14.7 Å². The van der Waals surface area contributed by atoms with Crippen molar-refractivity contribution in [3.8, 4) is 0 Å². The topological polar surface area (TPSA) is 57.6 Å². The molecule has 11 heavy (non-hydrogen) atoms. The Morgan fingerprint density at radius 3 is 2.55 bits per heavy atom. The van der Waals surface area contributed by atoms with Crippen molar-refractivity contribution in [1.82, 2.24) is 4.90 Å². The van der Waals surface area contributed by atoms with Crippen LogP contribution in [0, 0.1) is 0 Å². The molecular weight excluding hydrogens is 146 g/mol. The second-order valence-corrected chi connectivity index (χ2v) is 2.35. The van der Waals surface area contributed by atoms with Crippen LogP contribution in [0.25, 0.3) is 0 Å². The zero-order chi connectivity index (χ0) is 8.43. The molecule has 4 nitrogen and oxygen atoms in total. The third-order valence-electron chi connectivity index (χ3n) is 1.54. The van der Waals surface area contributed by atoms with Crippen LogP contribution < -0.4 is 0 Å². The van der Waals surface area contributed by atoms with Gasteiger partial charge in [-0.25, -0.2) is 0 Å². The molecule has 1 N–H and O–H groups in total. The fraction of sp³-hybridized carbons (Fsp3) is 0.429. The lowest BCUT2D eigenvalue weighted by Gasteiger charge is -2.09. The van der Waals surface area contributed by atoms with Crippen molar-refractivity contribution >= 4 is 11.8 Å². The van der Waals surface area contributed by atoms with Crippen LogP contribution in [0.5, 0.6) is 0 Å². The van der Waals surface area contributed by atoms with Crippen LogP contribution >= 0.6 is 0 Å². The van der Waals surface area contributed by atoms with Gasteiger partial charge in [0.1, 0.15) is 0 Å². The standard InChI is InChI=1S/C7H9NO3/c1-5-4-6(10)8(2-3-9)7(5)11/h9H,1-4H2. The molecular formula is C7H9NO3. The van der Waals surface area contributed by atoms with Crippen LogP contribution in [0.4, 0.5) is 0 Å². The number of amides is 2. The minimum Gasteiger partial charge on any atom is -0.395 e. The van der Waals surface area contributed by atoms with Crippen LogP contribution in [-0.2, 0) is 9.59 Å². The molecule has 0 unspecified atom stereocenters. The molecule has 0 aromatic heterocycles. The van der Waals surface area contributed by atoms with Gasteiger partial charge < -0.3 is 5.11 Å². The van der Waals surface area contributed by atoms with E-state index in [0.717, 1.165) is 4.90 Å². The summed E-state index contributed by atoms with van der Waals surface area (Å²) in [5.74, 6) is -0.627. The minimum absolute atomic E-state index is 0.0800. The third-order valence-corrected chi connectivity index (χ3v) is 1.54. The van der Waals surface area contributed by atoms with Gasteiger partial charge in [0.2, 0.25) is 5.91 Å². The Bertz CT molecular complexity index is 222. The van der Waals surface area contributed by atoms with Crippen molar-refractivity contribution in [1.29, 1.82) is 0 Å². The van der Waals surface area contributed by atoms with Gasteiger partial charge in [-0.1, -0.05) is 6.58 Å². The lowest BCUT2D eigenvalue weighted by Crippen LogP contribution is -2.31. The molecule has 0 aromatic carbocycles. The van der Waals surface area contributed by atoms with Gasteiger partial charge in [-0.3, -0.25) is 14.5 Å². The van der Waals surface area contributed by atoms with E-state index >= 15 is 0 Å². The predicted molar refractivity (Wildman–Crippen MR) is 37.6 cm³/mol. The van der Waals surface area contributed by atoms with Crippen molar-refractivity contribution in [2.45, 2.75) is 6.42 Å². The van der Waals surface area contributed by atoms with Crippen LogP contribution in [-0.4, -0.2) is 35.0 Å². The Morgan fingerprint density at radius 1 is 1.55 bits per heavy atom. The van der Waals surface area contributed by atoms with E-state index in [4.69, 9.17) is 5.11 Å². The lowest BCUT2D eigenvalue weighted by molar-refractivity contribution is -0.138. The number of hydrogen-bond acceptors (Lipinski definition) is 3. The third kappa shape index (κ3) is 1.30. The molecule has 0 aromatic rings. The Balaban J connectivity index is 2.71. The zero-order valence-corrected chi connectivity index (χ0v) is 6.04. The van der Waals surface area contributed by atoms with E-state index in [1.165, 1.54) is 0 Å². The highest BCUT2D eigenvalue weighted by molar-refractivity contribution is 6.12. The van der Waals surface area contributed by atoms with E-state index in [0.29, 0.717) is 5.57 Å². The van der Waals surface area contributed by atoms with E-state index < -0.39 is 0 Å². The number of aliphatic hydroxyl groups is 1. The number of nitrogens with zero attached hydrogens (tertiary/aromatic N) is 1. The summed E-state index contributed by atoms with van der Waals surface area (Å²) < 4.78 is 0. The first kappa shape index (κ1) is 7.94. The van der Waals surface area contributed by atoms with E-state index in [1.807, 2.05) is 0 Å². The molecule has 1 aliphatic rings. The molecule has 0 aliphatic carbocycles. The predicted octanol–water partition coefficient (Wildman–Crippen LogP) is -0.706. The molecule has 0 atom stereocenters. The maximum Gasteiger partial charge on any atom is 0.256 e. The second kappa shape index (κ2) is 2.84. The minimum atomic E-state index is -0.357. The smallest absolute Gasteiger partial charge is 0.256 e. The number of carbonyl (C=O) groups is 2. The van der Waals surface area contributed by atoms with Crippen molar-refractivity contribution in [2.24, 2.45) is 0 Å². The van der Waals surface area contributed by atoms with Gasteiger partial charge in [-0.15, -0.1) is 0 Å². The van der Waals surface area contributed by atoms with Gasteiger partial charge in [0.25, 0.3) is 5.91 Å². The summed E-state index contributed by atoms with van der Waals surface area (Å²) in [7, 11) is 0. The molecule has 60 valence electrons. The summed E-state index contributed by atoms with van der Waals surface area (Å²) in [5, 5.41) is 8.47. The average Bonchev–Trinajstić information content (AvgIpc) is 2.17. The first-order valence-corrected chi connectivity index (χ1v) is 3.30. The first-order valence-electron chi connectivity index (χ1n) is 3.30. The molecule has 1 fully saturated rings. The Labute approximate surface area is 64.1 Å². The number of carbonyl (C=O) groups excluding carboxylic acids is 2. The van der Waals surface area contributed by atoms with E-state index in [1.54, 1.807) is 0 Å². The SMILES string of the molecule is C=C1CC(=O)N(CCO)C1=O. The zero-order valence-electron chi connectivity index (χ0n) is 6.04. The van der Waals surface area contributed by atoms with Gasteiger partial charge in [0.05, 0.1) is 19.6 Å². The maximum absolute atomic E-state index is 11.0. The fourth-order valence-electron chi connectivity index (χ4n) is 0.984. The summed E-state index contributed by atoms with van der Waals surface area (Å²) in [6, 6.07) is 0. The molecule has 1 heterocycles. The largest absolute Gasteiger partial charge is 0.395 e. The van der Waals surface area contributed by atoms with Gasteiger partial charge in [0.15, 0.2) is 0 Å². The van der Waals surface area contributed by atoms with Crippen molar-refractivity contribution in [3.63, 3.8) is 0 Å². The summed E-state index contributed by atoms with van der Waals surface area (Å²) in [6.07, 6.45) is 0.0961. The molecule has 0 bridgehead atoms. The van der Waals surface area contributed by atoms with Crippen LogP contribution in [0.15, 0.2) is 12.2 Å². The van der Waals surface area contributed by atoms with E-state index in [9.17, 15) is 9.59 Å². The summed E-state index contributed by atoms with van der Waals surface area (Å²) in [4.78, 5) is 22.9. The number of rotatable bonds is 2. The monoisotopic (exact) mass is 155 g/mol. The maximum atomic E-state index is 11.0. The Hall–Kier alpha value is -1.16. The summed E-state index contributed by atoms with van der Waals surface area (Å²) in [5.41, 5.74) is 0.309. The van der Waals surface area contributed by atoms with E-state index in [2.05, 4.69) is 6.58 Å². The molecule has 1 aliphatic heterocycles. The number of β-amino-alcohol motifs (C(OH)–C–C–N with tert-alkyl or cyclic N) is 1. The number of hydrogen-bond donors (Lipinski definition) is 1.